The van der Waals surface area contributed by atoms with Crippen LogP contribution in [-0.4, -0.2) is 19.4 Å². The molecule has 0 saturated heterocycles. The highest BCUT2D eigenvalue weighted by molar-refractivity contribution is 6.30. The van der Waals surface area contributed by atoms with Crippen molar-refractivity contribution < 1.29 is 17.9 Å². The molecule has 2 heterocycles. The number of hydrogen-bond acceptors (Lipinski definition) is 4. The highest BCUT2D eigenvalue weighted by Gasteiger charge is 2.30. The summed E-state index contributed by atoms with van der Waals surface area (Å²) in [6, 6.07) is 18.2. The predicted molar refractivity (Wildman–Crippen MR) is 130 cm³/mol. The third kappa shape index (κ3) is 4.80. The Balaban J connectivity index is 1.60. The van der Waals surface area contributed by atoms with Crippen LogP contribution in [0.1, 0.15) is 11.1 Å². The van der Waals surface area contributed by atoms with E-state index in [1.165, 1.54) is 18.3 Å². The fourth-order valence-electron chi connectivity index (χ4n) is 3.57. The predicted octanol–water partition coefficient (Wildman–Crippen LogP) is 6.72. The molecule has 5 rings (SSSR count). The third-order valence-electron chi connectivity index (χ3n) is 5.37. The Kier molecular flexibility index (Phi) is 6.19. The maximum absolute atomic E-state index is 13.0. The quantitative estimate of drug-likeness (QED) is 0.253. The topological polar surface area (TPSA) is 61.4 Å². The summed E-state index contributed by atoms with van der Waals surface area (Å²) in [7, 11) is 0. The van der Waals surface area contributed by atoms with Gasteiger partial charge in [0, 0.05) is 15.6 Å². The number of alkyl halides is 3. The van der Waals surface area contributed by atoms with Crippen molar-refractivity contribution in [3.8, 4) is 22.6 Å². The number of halogens is 5. The van der Waals surface area contributed by atoms with E-state index in [1.54, 1.807) is 48.5 Å². The third-order valence-corrected chi connectivity index (χ3v) is 5.87. The summed E-state index contributed by atoms with van der Waals surface area (Å²) in [5.41, 5.74) is 0.528. The molecule has 0 aliphatic heterocycles. The molecule has 0 fully saturated rings. The van der Waals surface area contributed by atoms with E-state index in [-0.39, 0.29) is 17.9 Å². The lowest BCUT2D eigenvalue weighted by atomic mass is 10.1. The number of ether oxygens (including phenoxy) is 1. The van der Waals surface area contributed by atoms with E-state index in [9.17, 15) is 18.0 Å². The van der Waals surface area contributed by atoms with Gasteiger partial charge in [-0.15, -0.1) is 5.10 Å². The van der Waals surface area contributed by atoms with Crippen LogP contribution in [0.5, 0.6) is 11.5 Å². The Labute approximate surface area is 212 Å². The number of hydrogen-bond donors (Lipinski definition) is 0. The van der Waals surface area contributed by atoms with E-state index in [1.807, 2.05) is 0 Å². The molecule has 0 unspecified atom stereocenters. The summed E-state index contributed by atoms with van der Waals surface area (Å²) in [6.45, 7) is -0.0585. The molecule has 0 radical (unpaired) electrons. The van der Waals surface area contributed by atoms with Crippen LogP contribution in [0.15, 0.2) is 83.8 Å². The van der Waals surface area contributed by atoms with Crippen LogP contribution in [0.4, 0.5) is 13.2 Å². The Morgan fingerprint density at radius 3 is 2.08 bits per heavy atom. The van der Waals surface area contributed by atoms with Crippen molar-refractivity contribution in [2.75, 3.05) is 0 Å². The SMILES string of the molecule is O=c1n(Cc2ccc(C(F)(F)F)cc2)nc2c(Oc3ccc(Cl)cc3)c(-c3ccc(Cl)cc3)cnn12. The Morgan fingerprint density at radius 2 is 1.47 bits per heavy atom. The fourth-order valence-corrected chi connectivity index (χ4v) is 3.82. The zero-order valence-corrected chi connectivity index (χ0v) is 19.7. The molecule has 3 aromatic carbocycles. The molecule has 0 spiro atoms. The van der Waals surface area contributed by atoms with Crippen molar-refractivity contribution in [2.24, 2.45) is 0 Å². The van der Waals surface area contributed by atoms with Crippen molar-refractivity contribution in [1.82, 2.24) is 19.4 Å². The molecular formula is C25H15Cl2F3N4O2. The van der Waals surface area contributed by atoms with E-state index in [0.717, 1.165) is 26.9 Å². The van der Waals surface area contributed by atoms with Crippen LogP contribution in [0.25, 0.3) is 16.8 Å². The van der Waals surface area contributed by atoms with Crippen molar-refractivity contribution in [3.05, 3.63) is 111 Å². The van der Waals surface area contributed by atoms with Gasteiger partial charge < -0.3 is 4.74 Å². The van der Waals surface area contributed by atoms with Crippen LogP contribution in [0.2, 0.25) is 10.0 Å². The highest BCUT2D eigenvalue weighted by atomic mass is 35.5. The van der Waals surface area contributed by atoms with Gasteiger partial charge in [0.05, 0.1) is 18.3 Å². The minimum atomic E-state index is -4.45. The number of fused-ring (bicyclic) bond motifs is 1. The molecule has 0 saturated carbocycles. The van der Waals surface area contributed by atoms with Gasteiger partial charge in [-0.05, 0) is 59.7 Å². The van der Waals surface area contributed by atoms with Gasteiger partial charge in [0.1, 0.15) is 5.75 Å². The first-order valence-electron chi connectivity index (χ1n) is 10.5. The number of nitrogens with zero attached hydrogens (tertiary/aromatic N) is 4. The van der Waals surface area contributed by atoms with Crippen LogP contribution < -0.4 is 10.4 Å². The first kappa shape index (κ1) is 23.9. The lowest BCUT2D eigenvalue weighted by Crippen LogP contribution is -2.23. The normalized spacial score (nSPS) is 11.7. The van der Waals surface area contributed by atoms with Gasteiger partial charge in [-0.25, -0.2) is 9.48 Å². The second-order valence-corrected chi connectivity index (χ2v) is 8.69. The Hall–Kier alpha value is -3.82. The molecule has 0 bridgehead atoms. The molecule has 0 amide bonds. The smallest absolute Gasteiger partial charge is 0.416 e. The van der Waals surface area contributed by atoms with Crippen molar-refractivity contribution in [1.29, 1.82) is 0 Å². The van der Waals surface area contributed by atoms with Crippen LogP contribution in [-0.2, 0) is 12.7 Å². The van der Waals surface area contributed by atoms with Crippen LogP contribution >= 0.6 is 23.2 Å². The van der Waals surface area contributed by atoms with Crippen LogP contribution in [0, 0.1) is 0 Å². The summed E-state index contributed by atoms with van der Waals surface area (Å²) in [4.78, 5) is 13.0. The summed E-state index contributed by atoms with van der Waals surface area (Å²) in [5, 5.41) is 9.72. The Morgan fingerprint density at radius 1 is 0.861 bits per heavy atom. The van der Waals surface area contributed by atoms with Crippen molar-refractivity contribution in [3.63, 3.8) is 0 Å². The summed E-state index contributed by atoms with van der Waals surface area (Å²) >= 11 is 12.0. The molecule has 182 valence electrons. The van der Waals surface area contributed by atoms with Crippen molar-refractivity contribution in [2.45, 2.75) is 12.7 Å². The maximum atomic E-state index is 13.0. The standard InChI is InChI=1S/C25H15Cl2F3N4O2/c26-18-7-3-16(4-8-18)21-13-31-34-23(22(21)36-20-11-9-19(27)10-12-20)32-33(24(34)35)14-15-1-5-17(6-2-15)25(28,29)30/h1-13H,14H2. The molecular weight excluding hydrogens is 516 g/mol. The maximum Gasteiger partial charge on any atom is 0.416 e. The molecule has 11 heteroatoms. The zero-order valence-electron chi connectivity index (χ0n) is 18.2. The molecule has 0 N–H and O–H groups in total. The first-order chi connectivity index (χ1) is 17.2. The minimum Gasteiger partial charge on any atom is -0.453 e. The number of aromatic nitrogens is 4. The Bertz CT molecular complexity index is 1600. The molecule has 2 aromatic heterocycles. The van der Waals surface area contributed by atoms with Gasteiger partial charge in [0.2, 0.25) is 5.65 Å². The van der Waals surface area contributed by atoms with Gasteiger partial charge in [-0.3, -0.25) is 0 Å². The second-order valence-electron chi connectivity index (χ2n) is 7.82. The summed E-state index contributed by atoms with van der Waals surface area (Å²) in [6.07, 6.45) is -2.97. The lowest BCUT2D eigenvalue weighted by Gasteiger charge is -2.12. The minimum absolute atomic E-state index is 0.0585. The van der Waals surface area contributed by atoms with E-state index in [2.05, 4.69) is 10.2 Å². The van der Waals surface area contributed by atoms with Crippen LogP contribution in [0.3, 0.4) is 0 Å². The number of rotatable bonds is 5. The summed E-state index contributed by atoms with van der Waals surface area (Å²) < 4.78 is 47.0. The number of benzene rings is 3. The fraction of sp³-hybridized carbons (Fsp3) is 0.0800. The molecule has 0 aliphatic carbocycles. The lowest BCUT2D eigenvalue weighted by molar-refractivity contribution is -0.137. The van der Waals surface area contributed by atoms with E-state index >= 15 is 0 Å². The van der Waals surface area contributed by atoms with Gasteiger partial charge in [0.15, 0.2) is 5.75 Å². The van der Waals surface area contributed by atoms with Gasteiger partial charge in [-0.1, -0.05) is 47.5 Å². The molecule has 36 heavy (non-hydrogen) atoms. The van der Waals surface area contributed by atoms with Gasteiger partial charge in [-0.2, -0.15) is 22.8 Å². The van der Waals surface area contributed by atoms with E-state index in [4.69, 9.17) is 27.9 Å². The molecule has 0 atom stereocenters. The van der Waals surface area contributed by atoms with Gasteiger partial charge in [0.25, 0.3) is 0 Å². The average molecular weight is 531 g/mol. The average Bonchev–Trinajstić information content (AvgIpc) is 3.17. The zero-order chi connectivity index (χ0) is 25.4. The monoisotopic (exact) mass is 530 g/mol. The van der Waals surface area contributed by atoms with E-state index in [0.29, 0.717) is 26.9 Å². The molecule has 6 nitrogen and oxygen atoms in total. The summed E-state index contributed by atoms with van der Waals surface area (Å²) in [5.74, 6) is 0.713. The first-order valence-corrected chi connectivity index (χ1v) is 11.3. The molecule has 5 aromatic rings. The van der Waals surface area contributed by atoms with E-state index < -0.39 is 17.4 Å². The largest absolute Gasteiger partial charge is 0.453 e. The molecule has 0 aliphatic rings. The van der Waals surface area contributed by atoms with Gasteiger partial charge >= 0.3 is 11.9 Å². The van der Waals surface area contributed by atoms with Crippen molar-refractivity contribution >= 4 is 28.8 Å². The second kappa shape index (κ2) is 9.33. The highest BCUT2D eigenvalue weighted by Crippen LogP contribution is 2.36.